The van der Waals surface area contributed by atoms with Crippen molar-refractivity contribution in [1.82, 2.24) is 0 Å². The highest BCUT2D eigenvalue weighted by molar-refractivity contribution is 7.02. The average molecular weight is 466 g/mol. The van der Waals surface area contributed by atoms with Crippen molar-refractivity contribution < 1.29 is 4.48 Å². The molecule has 0 aliphatic rings. The molecule has 0 bridgehead atoms. The molecule has 0 aliphatic heterocycles. The maximum Gasteiger partial charge on any atom is 0.0675 e. The summed E-state index contributed by atoms with van der Waals surface area (Å²) < 4.78 is 1.00. The molecular formula is C32H56BN. The first-order valence-electron chi connectivity index (χ1n) is 14.4. The van der Waals surface area contributed by atoms with Crippen LogP contribution in [0.25, 0.3) is 0 Å². The molecular weight excluding hydrogens is 409 g/mol. The van der Waals surface area contributed by atoms with Crippen LogP contribution in [0.1, 0.15) is 90.9 Å². The Morgan fingerprint density at radius 3 is 1.09 bits per heavy atom. The minimum atomic E-state index is -0.660. The second kappa shape index (κ2) is 17.8. The zero-order valence-corrected chi connectivity index (χ0v) is 23.7. The summed E-state index contributed by atoms with van der Waals surface area (Å²) in [7, 11) is 8.50. The van der Waals surface area contributed by atoms with Crippen molar-refractivity contribution in [2.45, 2.75) is 104 Å². The van der Waals surface area contributed by atoms with E-state index in [0.717, 1.165) is 4.48 Å². The second-order valence-electron chi connectivity index (χ2n) is 11.9. The van der Waals surface area contributed by atoms with Gasteiger partial charge in [-0.2, -0.15) is 12.6 Å². The molecule has 0 saturated carbocycles. The van der Waals surface area contributed by atoms with Crippen LogP contribution < -0.4 is 10.9 Å². The maximum absolute atomic E-state index is 2.40. The van der Waals surface area contributed by atoms with Gasteiger partial charge in [0.05, 0.1) is 34.3 Å². The maximum atomic E-state index is 2.40. The van der Waals surface area contributed by atoms with E-state index < -0.39 is 6.15 Å². The molecule has 0 amide bonds. The van der Waals surface area contributed by atoms with E-state index in [9.17, 15) is 0 Å². The molecule has 0 atom stereocenters. The molecule has 0 spiro atoms. The summed E-state index contributed by atoms with van der Waals surface area (Å²) in [5.41, 5.74) is 3.17. The van der Waals surface area contributed by atoms with Gasteiger partial charge in [0.15, 0.2) is 0 Å². The lowest BCUT2D eigenvalue weighted by molar-refractivity contribution is -0.849. The lowest BCUT2D eigenvalue weighted by Gasteiger charge is -2.42. The Kier molecular flexibility index (Phi) is 16.0. The lowest BCUT2D eigenvalue weighted by atomic mass is 9.15. The van der Waals surface area contributed by atoms with E-state index in [-0.39, 0.29) is 0 Å². The Morgan fingerprint density at radius 1 is 0.471 bits per heavy atom. The van der Waals surface area contributed by atoms with Gasteiger partial charge in [-0.25, -0.2) is 10.9 Å². The van der Waals surface area contributed by atoms with E-state index in [4.69, 9.17) is 0 Å². The van der Waals surface area contributed by atoms with Gasteiger partial charge in [-0.15, -0.1) is 0 Å². The van der Waals surface area contributed by atoms with Crippen LogP contribution in [0.2, 0.25) is 12.6 Å². The highest BCUT2D eigenvalue weighted by Gasteiger charge is 2.26. The van der Waals surface area contributed by atoms with Gasteiger partial charge in [0, 0.05) is 0 Å². The minimum Gasteiger partial charge on any atom is -0.333 e. The molecule has 0 N–H and O–H groups in total. The Bertz CT molecular complexity index is 641. The first kappa shape index (κ1) is 30.5. The summed E-state index contributed by atoms with van der Waals surface area (Å²) in [6.45, 7) is 4.61. The number of hydrogen-bond donors (Lipinski definition) is 0. The van der Waals surface area contributed by atoms with Crippen LogP contribution in [0.5, 0.6) is 0 Å². The standard InChI is InChI=1S/C28H44B.C4H12N/c1-3-5-7-9-11-19-25-29(27-21-15-13-16-22-27,28-23-17-14-18-24-28)26-20-12-10-8-6-4-2;1-5(2,3)4/h13-18,21-24H,3-12,19-20,25-26H2,1-2H3;1-4H3/q-1;+1. The summed E-state index contributed by atoms with van der Waals surface area (Å²) in [5, 5.41) is 0. The normalized spacial score (nSPS) is 11.7. The molecule has 34 heavy (non-hydrogen) atoms. The van der Waals surface area contributed by atoms with Crippen LogP contribution in [0.4, 0.5) is 0 Å². The van der Waals surface area contributed by atoms with Gasteiger partial charge in [0.25, 0.3) is 0 Å². The number of quaternary nitrogens is 1. The topological polar surface area (TPSA) is 0 Å². The van der Waals surface area contributed by atoms with Crippen LogP contribution in [0.15, 0.2) is 60.7 Å². The van der Waals surface area contributed by atoms with Crippen LogP contribution in [0, 0.1) is 0 Å². The van der Waals surface area contributed by atoms with E-state index in [1.165, 1.54) is 89.7 Å². The number of benzene rings is 2. The molecule has 2 aromatic rings. The van der Waals surface area contributed by atoms with Crippen molar-refractivity contribution in [3.63, 3.8) is 0 Å². The molecule has 2 rings (SSSR count). The smallest absolute Gasteiger partial charge is 0.0675 e. The first-order valence-corrected chi connectivity index (χ1v) is 14.4. The van der Waals surface area contributed by atoms with Gasteiger partial charge in [-0.1, -0.05) is 152 Å². The van der Waals surface area contributed by atoms with Gasteiger partial charge in [0.2, 0.25) is 0 Å². The SMILES string of the molecule is CCCCCCCC[B-](CCCCCCCC)(c1ccccc1)c1ccccc1.C[N+](C)(C)C. The summed E-state index contributed by atoms with van der Waals surface area (Å²) in [5.74, 6) is 0. The van der Waals surface area contributed by atoms with Gasteiger partial charge in [-0.3, -0.25) is 0 Å². The molecule has 192 valence electrons. The summed E-state index contributed by atoms with van der Waals surface area (Å²) in [6.07, 6.45) is 18.6. The largest absolute Gasteiger partial charge is 0.333 e. The molecule has 2 heteroatoms. The fourth-order valence-electron chi connectivity index (χ4n) is 5.19. The number of nitrogens with zero attached hydrogens (tertiary/aromatic N) is 1. The average Bonchev–Trinajstić information content (AvgIpc) is 2.82. The lowest BCUT2D eigenvalue weighted by Crippen LogP contribution is -2.58. The molecule has 0 fully saturated rings. The predicted octanol–water partition coefficient (Wildman–Crippen LogP) is 8.29. The number of rotatable bonds is 16. The van der Waals surface area contributed by atoms with E-state index >= 15 is 0 Å². The Balaban J connectivity index is 0.00000104. The Hall–Kier alpha value is -1.54. The Labute approximate surface area is 213 Å². The fourth-order valence-corrected chi connectivity index (χ4v) is 5.19. The Morgan fingerprint density at radius 2 is 0.765 bits per heavy atom. The molecule has 0 saturated heterocycles. The highest BCUT2D eigenvalue weighted by atomic mass is 15.2. The van der Waals surface area contributed by atoms with E-state index in [2.05, 4.69) is 103 Å². The number of hydrogen-bond acceptors (Lipinski definition) is 0. The molecule has 0 heterocycles. The fraction of sp³-hybridized carbons (Fsp3) is 0.625. The third-order valence-corrected chi connectivity index (χ3v) is 6.98. The van der Waals surface area contributed by atoms with Crippen molar-refractivity contribution in [1.29, 1.82) is 0 Å². The molecule has 1 nitrogen and oxygen atoms in total. The molecule has 0 aliphatic carbocycles. The van der Waals surface area contributed by atoms with Crippen LogP contribution in [-0.2, 0) is 0 Å². The van der Waals surface area contributed by atoms with Crippen molar-refractivity contribution in [3.8, 4) is 0 Å². The summed E-state index contributed by atoms with van der Waals surface area (Å²) in [4.78, 5) is 0. The third kappa shape index (κ3) is 13.4. The van der Waals surface area contributed by atoms with E-state index in [0.29, 0.717) is 0 Å². The van der Waals surface area contributed by atoms with Crippen molar-refractivity contribution in [3.05, 3.63) is 60.7 Å². The molecule has 0 unspecified atom stereocenters. The summed E-state index contributed by atoms with van der Waals surface area (Å²) in [6, 6.07) is 22.9. The van der Waals surface area contributed by atoms with E-state index in [1.54, 1.807) is 10.9 Å². The molecule has 0 radical (unpaired) electrons. The molecule has 0 aromatic heterocycles. The minimum absolute atomic E-state index is 0.660. The first-order chi connectivity index (χ1) is 16.3. The van der Waals surface area contributed by atoms with Crippen LogP contribution in [0.3, 0.4) is 0 Å². The quantitative estimate of drug-likeness (QED) is 0.133. The molecule has 2 aromatic carbocycles. The van der Waals surface area contributed by atoms with Gasteiger partial charge in [0.1, 0.15) is 0 Å². The highest BCUT2D eigenvalue weighted by Crippen LogP contribution is 2.24. The second-order valence-corrected chi connectivity index (χ2v) is 11.9. The monoisotopic (exact) mass is 465 g/mol. The van der Waals surface area contributed by atoms with E-state index in [1.807, 2.05) is 0 Å². The summed E-state index contributed by atoms with van der Waals surface area (Å²) >= 11 is 0. The van der Waals surface area contributed by atoms with Crippen molar-refractivity contribution >= 4 is 17.1 Å². The zero-order chi connectivity index (χ0) is 25.1. The van der Waals surface area contributed by atoms with Crippen molar-refractivity contribution in [2.24, 2.45) is 0 Å². The van der Waals surface area contributed by atoms with Crippen LogP contribution >= 0.6 is 0 Å². The van der Waals surface area contributed by atoms with Gasteiger partial charge >= 0.3 is 0 Å². The van der Waals surface area contributed by atoms with Gasteiger partial charge in [-0.05, 0) is 0 Å². The zero-order valence-electron chi connectivity index (χ0n) is 23.7. The third-order valence-electron chi connectivity index (χ3n) is 6.98. The number of unbranched alkanes of at least 4 members (excludes halogenated alkanes) is 10. The van der Waals surface area contributed by atoms with Crippen molar-refractivity contribution in [2.75, 3.05) is 28.2 Å². The van der Waals surface area contributed by atoms with Crippen LogP contribution in [-0.4, -0.2) is 38.8 Å². The predicted molar refractivity (Wildman–Crippen MR) is 158 cm³/mol. The van der Waals surface area contributed by atoms with Gasteiger partial charge < -0.3 is 4.48 Å².